The molecular weight excluding hydrogens is 387 g/mol. The largest absolute Gasteiger partial charge is 1.00 e. The molecule has 1 aromatic heterocycles. The second-order valence-corrected chi connectivity index (χ2v) is 6.04. The fourth-order valence-electron chi connectivity index (χ4n) is 1.36. The Morgan fingerprint density at radius 1 is 1.23 bits per heavy atom. The summed E-state index contributed by atoms with van der Waals surface area (Å²) in [6.07, 6.45) is 1.09. The molecule has 0 saturated heterocycles. The van der Waals surface area contributed by atoms with Gasteiger partial charge in [-0.15, -0.1) is 0 Å². The molecular formula is C12H8BrN2NaO5S. The molecule has 2 aromatic rings. The number of furan rings is 1. The van der Waals surface area contributed by atoms with Gasteiger partial charge in [0.1, 0.15) is 5.76 Å². The minimum absolute atomic E-state index is 0. The van der Waals surface area contributed by atoms with Gasteiger partial charge in [-0.05, 0) is 36.4 Å². The molecule has 22 heavy (non-hydrogen) atoms. The summed E-state index contributed by atoms with van der Waals surface area (Å²) in [4.78, 5) is 11.7. The summed E-state index contributed by atoms with van der Waals surface area (Å²) in [7, 11) is -4.64. The van der Waals surface area contributed by atoms with E-state index >= 15 is 0 Å². The number of nitrogens with zero attached hydrogens (tertiary/aromatic N) is 1. The van der Waals surface area contributed by atoms with Gasteiger partial charge in [-0.2, -0.15) is 5.10 Å². The number of hydrazone groups is 1. The third-order valence-corrected chi connectivity index (χ3v) is 3.55. The van der Waals surface area contributed by atoms with Gasteiger partial charge in [0.15, 0.2) is 10.1 Å². The number of halogens is 1. The number of carbonyl (C=O) groups excluding carboxylic acids is 1. The van der Waals surface area contributed by atoms with E-state index in [4.69, 9.17) is 4.42 Å². The van der Waals surface area contributed by atoms with Crippen LogP contribution in [-0.2, 0) is 10.1 Å². The summed E-state index contributed by atoms with van der Waals surface area (Å²) in [5, 5.41) is 2.90. The van der Waals surface area contributed by atoms with E-state index in [9.17, 15) is 17.8 Å². The van der Waals surface area contributed by atoms with E-state index in [2.05, 4.69) is 26.5 Å². The first-order valence-electron chi connectivity index (χ1n) is 5.51. The van der Waals surface area contributed by atoms with Crippen molar-refractivity contribution in [2.75, 3.05) is 0 Å². The fourth-order valence-corrected chi connectivity index (χ4v) is 2.06. The number of rotatable bonds is 4. The Morgan fingerprint density at radius 2 is 1.86 bits per heavy atom. The van der Waals surface area contributed by atoms with Crippen LogP contribution in [-0.4, -0.2) is 25.1 Å². The molecule has 0 spiro atoms. The zero-order valence-corrected chi connectivity index (χ0v) is 15.7. The third kappa shape index (κ3) is 5.34. The summed E-state index contributed by atoms with van der Waals surface area (Å²) >= 11 is 3.25. The van der Waals surface area contributed by atoms with Crippen LogP contribution >= 0.6 is 15.9 Å². The molecule has 1 amide bonds. The Balaban J connectivity index is 0.00000242. The van der Waals surface area contributed by atoms with Crippen molar-refractivity contribution in [1.82, 2.24) is 5.43 Å². The molecule has 10 heteroatoms. The topological polar surface area (TPSA) is 112 Å². The van der Waals surface area contributed by atoms with Gasteiger partial charge in [0.05, 0.1) is 6.21 Å². The zero-order valence-electron chi connectivity index (χ0n) is 11.3. The van der Waals surface area contributed by atoms with Crippen LogP contribution in [0.3, 0.4) is 0 Å². The molecule has 0 aliphatic rings. The predicted octanol–water partition coefficient (Wildman–Crippen LogP) is -1.29. The van der Waals surface area contributed by atoms with E-state index in [0.29, 0.717) is 5.56 Å². The van der Waals surface area contributed by atoms with E-state index < -0.39 is 21.1 Å². The maximum atomic E-state index is 11.7. The van der Waals surface area contributed by atoms with Gasteiger partial charge >= 0.3 is 29.6 Å². The van der Waals surface area contributed by atoms with Crippen molar-refractivity contribution in [3.05, 3.63) is 52.2 Å². The SMILES string of the molecule is O=C(N/N=C/c1ccc(S(=O)(=O)[O-])o1)c1ccc(Br)cc1.[Na+]. The molecule has 110 valence electrons. The van der Waals surface area contributed by atoms with Crippen molar-refractivity contribution in [2.24, 2.45) is 5.10 Å². The van der Waals surface area contributed by atoms with Crippen molar-refractivity contribution in [3.63, 3.8) is 0 Å². The molecule has 1 N–H and O–H groups in total. The van der Waals surface area contributed by atoms with E-state index in [1.165, 1.54) is 6.07 Å². The predicted molar refractivity (Wildman–Crippen MR) is 75.9 cm³/mol. The molecule has 2 rings (SSSR count). The van der Waals surface area contributed by atoms with Crippen LogP contribution in [0.1, 0.15) is 16.1 Å². The molecule has 1 aromatic carbocycles. The Bertz CT molecular complexity index is 786. The molecule has 1 heterocycles. The quantitative estimate of drug-likeness (QED) is 0.300. The van der Waals surface area contributed by atoms with Crippen LogP contribution in [0.15, 0.2) is 55.5 Å². The van der Waals surface area contributed by atoms with E-state index in [-0.39, 0.29) is 35.3 Å². The molecule has 0 unspecified atom stereocenters. The first-order chi connectivity index (χ1) is 9.86. The minimum Gasteiger partial charge on any atom is -0.742 e. The van der Waals surface area contributed by atoms with E-state index in [1.807, 2.05) is 0 Å². The minimum atomic E-state index is -4.64. The summed E-state index contributed by atoms with van der Waals surface area (Å²) in [6, 6.07) is 8.88. The van der Waals surface area contributed by atoms with Crippen molar-refractivity contribution < 1.29 is 51.7 Å². The van der Waals surface area contributed by atoms with Gasteiger partial charge in [-0.25, -0.2) is 13.8 Å². The Hall–Kier alpha value is -0.970. The van der Waals surface area contributed by atoms with Crippen LogP contribution in [0.25, 0.3) is 0 Å². The maximum Gasteiger partial charge on any atom is 1.00 e. The number of carbonyl (C=O) groups is 1. The first kappa shape index (κ1) is 19.1. The van der Waals surface area contributed by atoms with Crippen LogP contribution in [0.2, 0.25) is 0 Å². The van der Waals surface area contributed by atoms with Crippen LogP contribution in [0.5, 0.6) is 0 Å². The summed E-state index contributed by atoms with van der Waals surface area (Å²) < 4.78 is 37.6. The average molecular weight is 395 g/mol. The van der Waals surface area contributed by atoms with Gasteiger partial charge in [0, 0.05) is 10.0 Å². The first-order valence-corrected chi connectivity index (χ1v) is 7.71. The van der Waals surface area contributed by atoms with Gasteiger partial charge in [-0.1, -0.05) is 15.9 Å². The van der Waals surface area contributed by atoms with E-state index in [1.54, 1.807) is 24.3 Å². The Labute approximate surface area is 156 Å². The Kier molecular flexibility index (Phi) is 6.98. The zero-order chi connectivity index (χ0) is 15.5. The molecule has 0 saturated carbocycles. The monoisotopic (exact) mass is 394 g/mol. The van der Waals surface area contributed by atoms with Crippen LogP contribution < -0.4 is 35.0 Å². The summed E-state index contributed by atoms with van der Waals surface area (Å²) in [5.74, 6) is -0.414. The van der Waals surface area contributed by atoms with Gasteiger partial charge in [0.2, 0.25) is 5.09 Å². The smallest absolute Gasteiger partial charge is 0.742 e. The molecule has 0 atom stereocenters. The van der Waals surface area contributed by atoms with Crippen molar-refractivity contribution in [2.45, 2.75) is 5.09 Å². The Morgan fingerprint density at radius 3 is 2.41 bits per heavy atom. The van der Waals surface area contributed by atoms with Crippen molar-refractivity contribution in [3.8, 4) is 0 Å². The van der Waals surface area contributed by atoms with Crippen molar-refractivity contribution in [1.29, 1.82) is 0 Å². The molecule has 0 aliphatic carbocycles. The fraction of sp³-hybridized carbons (Fsp3) is 0. The van der Waals surface area contributed by atoms with Gasteiger partial charge in [-0.3, -0.25) is 4.79 Å². The third-order valence-electron chi connectivity index (χ3n) is 2.31. The molecule has 0 fully saturated rings. The van der Waals surface area contributed by atoms with E-state index in [0.717, 1.165) is 16.8 Å². The second kappa shape index (κ2) is 8.04. The van der Waals surface area contributed by atoms with Gasteiger partial charge in [0.25, 0.3) is 5.91 Å². The molecule has 0 aliphatic heterocycles. The van der Waals surface area contributed by atoms with Crippen LogP contribution in [0.4, 0.5) is 0 Å². The summed E-state index contributed by atoms with van der Waals surface area (Å²) in [6.45, 7) is 0. The molecule has 7 nitrogen and oxygen atoms in total. The molecule has 0 radical (unpaired) electrons. The maximum absolute atomic E-state index is 11.7. The number of hydrogen-bond acceptors (Lipinski definition) is 6. The molecule has 0 bridgehead atoms. The number of benzene rings is 1. The number of amides is 1. The van der Waals surface area contributed by atoms with Gasteiger partial charge < -0.3 is 8.97 Å². The normalized spacial score (nSPS) is 11.2. The summed E-state index contributed by atoms with van der Waals surface area (Å²) in [5.41, 5.74) is 2.64. The number of hydrogen-bond donors (Lipinski definition) is 1. The second-order valence-electron chi connectivity index (χ2n) is 3.82. The van der Waals surface area contributed by atoms with Crippen molar-refractivity contribution >= 4 is 38.2 Å². The standard InChI is InChI=1S/C12H9BrN2O5S.Na/c13-9-3-1-8(2-4-9)12(16)15-14-7-10-5-6-11(20-10)21(17,18)19;/h1-7H,(H,15,16)(H,17,18,19);/q;+1/p-1/b14-7+;. The number of nitrogens with one attached hydrogen (secondary N) is 1. The van der Waals surface area contributed by atoms with Crippen LogP contribution in [0, 0.1) is 0 Å². The average Bonchev–Trinajstić information content (AvgIpc) is 2.88.